The quantitative estimate of drug-likeness (QED) is 0.613. The highest BCUT2D eigenvalue weighted by Gasteiger charge is 2.06. The number of carbonyl (C=O) groups excluding carboxylic acids is 1. The van der Waals surface area contributed by atoms with Crippen molar-refractivity contribution in [2.45, 2.75) is 33.1 Å². The molecule has 0 aliphatic carbocycles. The highest BCUT2D eigenvalue weighted by Crippen LogP contribution is 2.17. The summed E-state index contributed by atoms with van der Waals surface area (Å²) in [5, 5.41) is 14.4. The van der Waals surface area contributed by atoms with E-state index in [2.05, 4.69) is 17.6 Å². The molecule has 2 amide bonds. The molecule has 0 fully saturated rings. The Morgan fingerprint density at radius 2 is 2.24 bits per heavy atom. The van der Waals surface area contributed by atoms with Crippen LogP contribution in [0.25, 0.3) is 0 Å². The molecule has 0 aliphatic heterocycles. The van der Waals surface area contributed by atoms with Crippen molar-refractivity contribution in [3.63, 3.8) is 0 Å². The van der Waals surface area contributed by atoms with E-state index in [1.54, 1.807) is 0 Å². The Labute approximate surface area is 126 Å². The SMILES string of the molecule is CCCCOc1cccc(NC(=O)NCC(C)CCO)c1. The zero-order chi connectivity index (χ0) is 15.5. The smallest absolute Gasteiger partial charge is 0.319 e. The third-order valence-corrected chi connectivity index (χ3v) is 3.09. The zero-order valence-corrected chi connectivity index (χ0v) is 12.9. The Morgan fingerprint density at radius 1 is 1.43 bits per heavy atom. The third-order valence-electron chi connectivity index (χ3n) is 3.09. The summed E-state index contributed by atoms with van der Waals surface area (Å²) in [6.07, 6.45) is 2.79. The molecule has 118 valence electrons. The van der Waals surface area contributed by atoms with Crippen LogP contribution in [0.4, 0.5) is 10.5 Å². The molecule has 1 aromatic rings. The highest BCUT2D eigenvalue weighted by molar-refractivity contribution is 5.89. The van der Waals surface area contributed by atoms with E-state index in [1.165, 1.54) is 0 Å². The van der Waals surface area contributed by atoms with Crippen LogP contribution < -0.4 is 15.4 Å². The van der Waals surface area contributed by atoms with Crippen LogP contribution in [-0.2, 0) is 0 Å². The standard InChI is InChI=1S/C16H26N2O3/c1-3-4-10-21-15-7-5-6-14(11-15)18-16(20)17-12-13(2)8-9-19/h5-7,11,13,19H,3-4,8-10,12H2,1-2H3,(H2,17,18,20). The van der Waals surface area contributed by atoms with E-state index in [4.69, 9.17) is 9.84 Å². The van der Waals surface area contributed by atoms with Gasteiger partial charge in [-0.2, -0.15) is 0 Å². The molecule has 3 N–H and O–H groups in total. The fourth-order valence-electron chi connectivity index (χ4n) is 1.76. The number of aliphatic hydroxyl groups is 1. The van der Waals surface area contributed by atoms with Gasteiger partial charge in [0.15, 0.2) is 0 Å². The number of ether oxygens (including phenoxy) is 1. The lowest BCUT2D eigenvalue weighted by molar-refractivity contribution is 0.243. The molecular formula is C16H26N2O3. The average molecular weight is 294 g/mol. The topological polar surface area (TPSA) is 70.6 Å². The molecular weight excluding hydrogens is 268 g/mol. The molecule has 0 spiro atoms. The Hall–Kier alpha value is -1.75. The average Bonchev–Trinajstić information content (AvgIpc) is 2.46. The van der Waals surface area contributed by atoms with Crippen molar-refractivity contribution in [1.82, 2.24) is 5.32 Å². The Bertz CT molecular complexity index is 424. The highest BCUT2D eigenvalue weighted by atomic mass is 16.5. The monoisotopic (exact) mass is 294 g/mol. The lowest BCUT2D eigenvalue weighted by Gasteiger charge is -2.12. The van der Waals surface area contributed by atoms with Crippen LogP contribution in [0.2, 0.25) is 0 Å². The van der Waals surface area contributed by atoms with Crippen molar-refractivity contribution >= 4 is 11.7 Å². The first-order chi connectivity index (χ1) is 10.2. The fourth-order valence-corrected chi connectivity index (χ4v) is 1.76. The number of hydrogen-bond acceptors (Lipinski definition) is 3. The number of nitrogens with one attached hydrogen (secondary N) is 2. The summed E-state index contributed by atoms with van der Waals surface area (Å²) < 4.78 is 5.60. The number of hydrogen-bond donors (Lipinski definition) is 3. The van der Waals surface area contributed by atoms with Gasteiger partial charge in [-0.05, 0) is 30.9 Å². The van der Waals surface area contributed by atoms with Crippen LogP contribution in [0, 0.1) is 5.92 Å². The Kier molecular flexibility index (Phi) is 8.28. The van der Waals surface area contributed by atoms with Gasteiger partial charge in [0.05, 0.1) is 6.61 Å². The van der Waals surface area contributed by atoms with Gasteiger partial charge in [0.2, 0.25) is 0 Å². The van der Waals surface area contributed by atoms with Gasteiger partial charge >= 0.3 is 6.03 Å². The van der Waals surface area contributed by atoms with Crippen LogP contribution in [0.15, 0.2) is 24.3 Å². The molecule has 0 heterocycles. The van der Waals surface area contributed by atoms with E-state index in [1.807, 2.05) is 31.2 Å². The summed E-state index contributed by atoms with van der Waals surface area (Å²) in [6, 6.07) is 7.12. The molecule has 1 unspecified atom stereocenters. The van der Waals surface area contributed by atoms with E-state index >= 15 is 0 Å². The van der Waals surface area contributed by atoms with Crippen LogP contribution in [0.3, 0.4) is 0 Å². The molecule has 0 bridgehead atoms. The fraction of sp³-hybridized carbons (Fsp3) is 0.562. The van der Waals surface area contributed by atoms with Crippen molar-refractivity contribution in [1.29, 1.82) is 0 Å². The second-order valence-electron chi connectivity index (χ2n) is 5.18. The number of rotatable bonds is 9. The lowest BCUT2D eigenvalue weighted by atomic mass is 10.1. The summed E-state index contributed by atoms with van der Waals surface area (Å²) in [4.78, 5) is 11.8. The molecule has 5 nitrogen and oxygen atoms in total. The predicted molar refractivity (Wildman–Crippen MR) is 84.7 cm³/mol. The summed E-state index contributed by atoms with van der Waals surface area (Å²) >= 11 is 0. The van der Waals surface area contributed by atoms with E-state index in [0.29, 0.717) is 25.3 Å². The van der Waals surface area contributed by atoms with E-state index in [-0.39, 0.29) is 18.6 Å². The van der Waals surface area contributed by atoms with Crippen LogP contribution in [-0.4, -0.2) is 30.9 Å². The van der Waals surface area contributed by atoms with Gasteiger partial charge in [0, 0.05) is 24.9 Å². The van der Waals surface area contributed by atoms with Crippen LogP contribution >= 0.6 is 0 Å². The van der Waals surface area contributed by atoms with Gasteiger partial charge in [0.1, 0.15) is 5.75 Å². The number of urea groups is 1. The van der Waals surface area contributed by atoms with E-state index < -0.39 is 0 Å². The molecule has 1 aromatic carbocycles. The molecule has 0 saturated heterocycles. The first-order valence-electron chi connectivity index (χ1n) is 7.54. The minimum absolute atomic E-state index is 0.140. The second-order valence-corrected chi connectivity index (χ2v) is 5.18. The minimum Gasteiger partial charge on any atom is -0.494 e. The van der Waals surface area contributed by atoms with Crippen molar-refractivity contribution in [3.8, 4) is 5.75 Å². The maximum absolute atomic E-state index is 11.8. The maximum Gasteiger partial charge on any atom is 0.319 e. The first kappa shape index (κ1) is 17.3. The van der Waals surface area contributed by atoms with Gasteiger partial charge in [-0.25, -0.2) is 4.79 Å². The summed E-state index contributed by atoms with van der Waals surface area (Å²) in [5.41, 5.74) is 0.705. The molecule has 0 aromatic heterocycles. The number of amides is 2. The minimum atomic E-state index is -0.245. The van der Waals surface area contributed by atoms with E-state index in [9.17, 15) is 4.79 Å². The number of benzene rings is 1. The summed E-state index contributed by atoms with van der Waals surface area (Å²) in [7, 11) is 0. The normalized spacial score (nSPS) is 11.8. The van der Waals surface area contributed by atoms with Crippen molar-refractivity contribution in [3.05, 3.63) is 24.3 Å². The predicted octanol–water partition coefficient (Wildman–Crippen LogP) is 3.01. The van der Waals surface area contributed by atoms with Gasteiger partial charge in [-0.1, -0.05) is 26.3 Å². The lowest BCUT2D eigenvalue weighted by Crippen LogP contribution is -2.32. The molecule has 5 heteroatoms. The Morgan fingerprint density at radius 3 is 2.95 bits per heavy atom. The number of aliphatic hydroxyl groups excluding tert-OH is 1. The van der Waals surface area contributed by atoms with Crippen molar-refractivity contribution < 1.29 is 14.6 Å². The number of unbranched alkanes of at least 4 members (excludes halogenated alkanes) is 1. The molecule has 0 aliphatic rings. The Balaban J connectivity index is 2.39. The number of carbonyl (C=O) groups is 1. The first-order valence-corrected chi connectivity index (χ1v) is 7.54. The molecule has 0 saturated carbocycles. The summed E-state index contributed by atoms with van der Waals surface area (Å²) in [6.45, 7) is 5.47. The molecule has 21 heavy (non-hydrogen) atoms. The maximum atomic E-state index is 11.8. The van der Waals surface area contributed by atoms with Crippen LogP contribution in [0.5, 0.6) is 5.75 Å². The van der Waals surface area contributed by atoms with Gasteiger partial charge in [-0.3, -0.25) is 0 Å². The second kappa shape index (κ2) is 10.0. The summed E-state index contributed by atoms with van der Waals surface area (Å²) in [5.74, 6) is 1.01. The number of anilines is 1. The largest absolute Gasteiger partial charge is 0.494 e. The molecule has 1 atom stereocenters. The van der Waals surface area contributed by atoms with Crippen molar-refractivity contribution in [2.24, 2.45) is 5.92 Å². The van der Waals surface area contributed by atoms with Crippen molar-refractivity contribution in [2.75, 3.05) is 25.1 Å². The van der Waals surface area contributed by atoms with Crippen LogP contribution in [0.1, 0.15) is 33.1 Å². The zero-order valence-electron chi connectivity index (χ0n) is 12.9. The van der Waals surface area contributed by atoms with Gasteiger partial charge in [0.25, 0.3) is 0 Å². The van der Waals surface area contributed by atoms with Gasteiger partial charge < -0.3 is 20.5 Å². The third kappa shape index (κ3) is 7.56. The molecule has 0 radical (unpaired) electrons. The van der Waals surface area contributed by atoms with Gasteiger partial charge in [-0.15, -0.1) is 0 Å². The van der Waals surface area contributed by atoms with E-state index in [0.717, 1.165) is 18.6 Å². The molecule has 1 rings (SSSR count).